The molecule has 0 amide bonds. The van der Waals surface area contributed by atoms with Crippen LogP contribution in [-0.2, 0) is 28.6 Å². The van der Waals surface area contributed by atoms with E-state index in [1.54, 1.807) is 0 Å². The van der Waals surface area contributed by atoms with Crippen molar-refractivity contribution in [3.05, 3.63) is 72.9 Å². The number of allylic oxidation sites excluding steroid dienone is 12. The molecule has 0 fully saturated rings. The van der Waals surface area contributed by atoms with Gasteiger partial charge in [0.1, 0.15) is 13.2 Å². The van der Waals surface area contributed by atoms with Crippen LogP contribution >= 0.6 is 0 Å². The lowest BCUT2D eigenvalue weighted by Crippen LogP contribution is -2.30. The van der Waals surface area contributed by atoms with Crippen LogP contribution < -0.4 is 0 Å². The molecule has 0 bridgehead atoms. The summed E-state index contributed by atoms with van der Waals surface area (Å²) in [6.07, 6.45) is 70.4. The van der Waals surface area contributed by atoms with E-state index < -0.39 is 6.10 Å². The van der Waals surface area contributed by atoms with Crippen LogP contribution in [-0.4, -0.2) is 37.2 Å². The molecular formula is C61H106O6. The van der Waals surface area contributed by atoms with Crippen molar-refractivity contribution in [2.45, 2.75) is 284 Å². The predicted molar refractivity (Wildman–Crippen MR) is 288 cm³/mol. The molecule has 0 radical (unpaired) electrons. The van der Waals surface area contributed by atoms with Gasteiger partial charge in [-0.15, -0.1) is 0 Å². The van der Waals surface area contributed by atoms with Gasteiger partial charge in [0.2, 0.25) is 0 Å². The molecule has 1 atom stereocenters. The van der Waals surface area contributed by atoms with Gasteiger partial charge in [0.05, 0.1) is 0 Å². The van der Waals surface area contributed by atoms with Crippen molar-refractivity contribution in [2.75, 3.05) is 13.2 Å². The van der Waals surface area contributed by atoms with Crippen molar-refractivity contribution in [1.82, 2.24) is 0 Å². The molecular weight excluding hydrogens is 829 g/mol. The highest BCUT2D eigenvalue weighted by Crippen LogP contribution is 2.16. The van der Waals surface area contributed by atoms with Crippen LogP contribution in [0.3, 0.4) is 0 Å². The Hall–Kier alpha value is -3.15. The number of esters is 3. The van der Waals surface area contributed by atoms with Crippen molar-refractivity contribution in [2.24, 2.45) is 0 Å². The maximum absolute atomic E-state index is 12.8. The first-order valence-electron chi connectivity index (χ1n) is 28.4. The number of unbranched alkanes of at least 4 members (excludes halogenated alkanes) is 28. The summed E-state index contributed by atoms with van der Waals surface area (Å²) in [5.74, 6) is -0.971. The van der Waals surface area contributed by atoms with Crippen molar-refractivity contribution >= 4 is 17.9 Å². The van der Waals surface area contributed by atoms with Gasteiger partial charge in [-0.1, -0.05) is 273 Å². The molecule has 0 aromatic carbocycles. The standard InChI is InChI=1S/C61H106O6/c1-4-7-10-13-16-19-22-25-28-29-30-31-34-36-39-42-45-48-51-54-60(63)66-57-58(67-61(64)55-52-49-46-43-40-37-33-27-24-21-18-15-12-9-6-3)56-65-59(62)53-50-47-44-41-38-35-32-26-23-20-17-14-11-8-5-2/h7,10,16,19,25,28,30-31,36,39,45,48,58H,4-6,8-9,11-15,17-18,20-24,26-27,29,32-35,37-38,40-44,46-47,49-57H2,1-3H3/b10-7-,19-16-,28-25-,31-30-,39-36-,48-45-/t58-/m1/s1. The molecule has 0 N–H and O–H groups in total. The van der Waals surface area contributed by atoms with E-state index >= 15 is 0 Å². The quantitative estimate of drug-likeness (QED) is 0.0262. The average molecular weight is 936 g/mol. The van der Waals surface area contributed by atoms with E-state index in [0.717, 1.165) is 77.0 Å². The molecule has 0 aromatic heterocycles. The van der Waals surface area contributed by atoms with Crippen LogP contribution in [0.2, 0.25) is 0 Å². The normalized spacial score (nSPS) is 12.6. The Bertz CT molecular complexity index is 1260. The maximum Gasteiger partial charge on any atom is 0.306 e. The van der Waals surface area contributed by atoms with E-state index in [0.29, 0.717) is 19.3 Å². The van der Waals surface area contributed by atoms with Gasteiger partial charge < -0.3 is 14.2 Å². The Kier molecular flexibility index (Phi) is 52.8. The predicted octanol–water partition coefficient (Wildman–Crippen LogP) is 19.0. The molecule has 0 aliphatic carbocycles. The van der Waals surface area contributed by atoms with Crippen LogP contribution in [0.15, 0.2) is 72.9 Å². The van der Waals surface area contributed by atoms with Gasteiger partial charge in [-0.05, 0) is 57.8 Å². The van der Waals surface area contributed by atoms with Gasteiger partial charge in [-0.25, -0.2) is 0 Å². The largest absolute Gasteiger partial charge is 0.462 e. The zero-order valence-corrected chi connectivity index (χ0v) is 44.2. The summed E-state index contributed by atoms with van der Waals surface area (Å²) in [5.41, 5.74) is 0. The monoisotopic (exact) mass is 935 g/mol. The fourth-order valence-corrected chi connectivity index (χ4v) is 8.00. The Morgan fingerprint density at radius 3 is 0.910 bits per heavy atom. The molecule has 0 aromatic rings. The first-order valence-corrected chi connectivity index (χ1v) is 28.4. The zero-order valence-electron chi connectivity index (χ0n) is 44.2. The second kappa shape index (κ2) is 55.4. The Morgan fingerprint density at radius 1 is 0.313 bits per heavy atom. The van der Waals surface area contributed by atoms with Crippen molar-refractivity contribution in [1.29, 1.82) is 0 Å². The minimum absolute atomic E-state index is 0.0946. The molecule has 0 aliphatic rings. The van der Waals surface area contributed by atoms with Crippen LogP contribution in [0, 0.1) is 0 Å². The smallest absolute Gasteiger partial charge is 0.306 e. The van der Waals surface area contributed by atoms with Crippen molar-refractivity contribution in [3.63, 3.8) is 0 Å². The van der Waals surface area contributed by atoms with E-state index in [4.69, 9.17) is 14.2 Å². The average Bonchev–Trinajstić information content (AvgIpc) is 3.33. The Balaban J connectivity index is 4.46. The lowest BCUT2D eigenvalue weighted by atomic mass is 10.0. The number of hydrogen-bond donors (Lipinski definition) is 0. The summed E-state index contributed by atoms with van der Waals surface area (Å²) in [5, 5.41) is 0. The Labute approximate surface area is 414 Å². The molecule has 6 nitrogen and oxygen atoms in total. The Morgan fingerprint density at radius 2 is 0.582 bits per heavy atom. The third-order valence-electron chi connectivity index (χ3n) is 12.2. The fraction of sp³-hybridized carbons (Fsp3) is 0.754. The van der Waals surface area contributed by atoms with Crippen molar-refractivity contribution in [3.8, 4) is 0 Å². The summed E-state index contributed by atoms with van der Waals surface area (Å²) >= 11 is 0. The molecule has 67 heavy (non-hydrogen) atoms. The van der Waals surface area contributed by atoms with Gasteiger partial charge in [-0.3, -0.25) is 14.4 Å². The van der Waals surface area contributed by atoms with E-state index in [1.165, 1.54) is 154 Å². The molecule has 0 rings (SSSR count). The second-order valence-electron chi connectivity index (χ2n) is 18.8. The SMILES string of the molecule is CC/C=C\C/C=C\C/C=C\C/C=C\C/C=C\C/C=C\CCC(=O)OC[C@@H](COC(=O)CCCCCCCCCCCCCCCCC)OC(=O)CCCCCCCCCCCCCCCCC. The summed E-state index contributed by atoms with van der Waals surface area (Å²) in [6, 6.07) is 0. The third kappa shape index (κ3) is 53.7. The van der Waals surface area contributed by atoms with Crippen molar-refractivity contribution < 1.29 is 28.6 Å². The van der Waals surface area contributed by atoms with Crippen LogP contribution in [0.5, 0.6) is 0 Å². The number of rotatable bonds is 51. The van der Waals surface area contributed by atoms with Gasteiger partial charge >= 0.3 is 17.9 Å². The fourth-order valence-electron chi connectivity index (χ4n) is 8.00. The lowest BCUT2D eigenvalue weighted by Gasteiger charge is -2.18. The molecule has 6 heteroatoms. The zero-order chi connectivity index (χ0) is 48.6. The minimum atomic E-state index is -0.802. The van der Waals surface area contributed by atoms with E-state index in [2.05, 4.69) is 87.6 Å². The molecule has 0 aliphatic heterocycles. The van der Waals surface area contributed by atoms with Gasteiger partial charge in [0, 0.05) is 19.3 Å². The molecule has 0 saturated heterocycles. The first kappa shape index (κ1) is 63.8. The van der Waals surface area contributed by atoms with E-state index in [1.807, 2.05) is 6.08 Å². The van der Waals surface area contributed by atoms with Gasteiger partial charge in [0.25, 0.3) is 0 Å². The van der Waals surface area contributed by atoms with E-state index in [9.17, 15) is 14.4 Å². The molecule has 0 spiro atoms. The number of carbonyl (C=O) groups excluding carboxylic acids is 3. The number of hydrogen-bond acceptors (Lipinski definition) is 6. The highest BCUT2D eigenvalue weighted by atomic mass is 16.6. The molecule has 386 valence electrons. The highest BCUT2D eigenvalue weighted by Gasteiger charge is 2.19. The van der Waals surface area contributed by atoms with Gasteiger partial charge in [0.15, 0.2) is 6.10 Å². The molecule has 0 heterocycles. The van der Waals surface area contributed by atoms with Crippen LogP contribution in [0.25, 0.3) is 0 Å². The summed E-state index contributed by atoms with van der Waals surface area (Å²) in [7, 11) is 0. The number of ether oxygens (including phenoxy) is 3. The lowest BCUT2D eigenvalue weighted by molar-refractivity contribution is -0.166. The van der Waals surface area contributed by atoms with E-state index in [-0.39, 0.29) is 37.5 Å². The summed E-state index contributed by atoms with van der Waals surface area (Å²) < 4.78 is 16.8. The molecule has 0 saturated carbocycles. The number of carbonyl (C=O) groups is 3. The van der Waals surface area contributed by atoms with Crippen LogP contribution in [0.4, 0.5) is 0 Å². The second-order valence-corrected chi connectivity index (χ2v) is 18.8. The topological polar surface area (TPSA) is 78.9 Å². The minimum Gasteiger partial charge on any atom is -0.462 e. The maximum atomic E-state index is 12.8. The molecule has 0 unspecified atom stereocenters. The van der Waals surface area contributed by atoms with Gasteiger partial charge in [-0.2, -0.15) is 0 Å². The first-order chi connectivity index (χ1) is 33.0. The van der Waals surface area contributed by atoms with Crippen LogP contribution in [0.1, 0.15) is 278 Å². The summed E-state index contributed by atoms with van der Waals surface area (Å²) in [6.45, 7) is 6.49. The third-order valence-corrected chi connectivity index (χ3v) is 12.2. The highest BCUT2D eigenvalue weighted by molar-refractivity contribution is 5.71. The summed E-state index contributed by atoms with van der Waals surface area (Å²) in [4.78, 5) is 38.1.